The van der Waals surface area contributed by atoms with Crippen LogP contribution < -0.4 is 10.6 Å². The number of likely N-dealkylation sites (tertiary alicyclic amines) is 2. The molecule has 2 N–H and O–H groups in total. The van der Waals surface area contributed by atoms with Crippen LogP contribution in [0.15, 0.2) is 0 Å². The molecular weight excluding hydrogens is 308 g/mol. The fourth-order valence-electron chi connectivity index (χ4n) is 3.46. The second-order valence-electron chi connectivity index (χ2n) is 6.70. The van der Waals surface area contributed by atoms with Crippen molar-refractivity contribution in [2.24, 2.45) is 5.92 Å². The van der Waals surface area contributed by atoms with Crippen LogP contribution in [0.5, 0.6) is 0 Å². The number of urea groups is 1. The molecule has 0 aromatic heterocycles. The van der Waals surface area contributed by atoms with E-state index >= 15 is 0 Å². The van der Waals surface area contributed by atoms with Crippen molar-refractivity contribution in [3.63, 3.8) is 0 Å². The van der Waals surface area contributed by atoms with E-state index in [2.05, 4.69) is 10.6 Å². The lowest BCUT2D eigenvalue weighted by Crippen LogP contribution is -2.48. The molecule has 0 aromatic rings. The first-order chi connectivity index (χ1) is 11.6. The molecule has 2 rings (SSSR count). The van der Waals surface area contributed by atoms with E-state index in [9.17, 15) is 14.4 Å². The van der Waals surface area contributed by atoms with E-state index in [1.165, 1.54) is 12.8 Å². The normalized spacial score (nSPS) is 20.3. The highest BCUT2D eigenvalue weighted by atomic mass is 16.2. The largest absolute Gasteiger partial charge is 0.342 e. The molecule has 0 bridgehead atoms. The van der Waals surface area contributed by atoms with Crippen LogP contribution in [0.2, 0.25) is 0 Å². The van der Waals surface area contributed by atoms with Gasteiger partial charge in [-0.2, -0.15) is 0 Å². The number of nitrogens with one attached hydrogen (secondary N) is 2. The van der Waals surface area contributed by atoms with Crippen molar-refractivity contribution in [2.45, 2.75) is 45.4 Å². The Morgan fingerprint density at radius 3 is 2.17 bits per heavy atom. The Balaban J connectivity index is 1.71. The van der Waals surface area contributed by atoms with Crippen molar-refractivity contribution < 1.29 is 14.4 Å². The average Bonchev–Trinajstić information content (AvgIpc) is 2.84. The van der Waals surface area contributed by atoms with Crippen molar-refractivity contribution in [3.05, 3.63) is 0 Å². The van der Waals surface area contributed by atoms with Crippen LogP contribution in [0.3, 0.4) is 0 Å². The maximum Gasteiger partial charge on any atom is 0.321 e. The van der Waals surface area contributed by atoms with Gasteiger partial charge in [0.25, 0.3) is 0 Å². The molecule has 0 aromatic carbocycles. The van der Waals surface area contributed by atoms with Gasteiger partial charge in [-0.3, -0.25) is 19.8 Å². The minimum atomic E-state index is -0.450. The number of carbonyl (C=O) groups excluding carboxylic acids is 3. The van der Waals surface area contributed by atoms with Gasteiger partial charge in [0.05, 0.1) is 6.54 Å². The molecule has 7 nitrogen and oxygen atoms in total. The predicted octanol–water partition coefficient (Wildman–Crippen LogP) is 0.947. The Bertz CT molecular complexity index is 439. The molecule has 2 fully saturated rings. The van der Waals surface area contributed by atoms with Crippen LogP contribution in [0.4, 0.5) is 4.79 Å². The summed E-state index contributed by atoms with van der Waals surface area (Å²) in [6, 6.07) is -0.450. The highest BCUT2D eigenvalue weighted by molar-refractivity contribution is 5.95. The Morgan fingerprint density at radius 2 is 1.58 bits per heavy atom. The van der Waals surface area contributed by atoms with E-state index in [0.29, 0.717) is 12.5 Å². The first-order valence-corrected chi connectivity index (χ1v) is 9.19. The summed E-state index contributed by atoms with van der Waals surface area (Å²) >= 11 is 0. The number of carbonyl (C=O) groups is 3. The van der Waals surface area contributed by atoms with Crippen LogP contribution in [-0.2, 0) is 9.59 Å². The first-order valence-electron chi connectivity index (χ1n) is 9.19. The molecule has 7 heteroatoms. The van der Waals surface area contributed by atoms with Crippen LogP contribution >= 0.6 is 0 Å². The summed E-state index contributed by atoms with van der Waals surface area (Å²) in [5.41, 5.74) is 0. The standard InChI is InChI=1S/C17H30N4O3/c1-2-18-17(24)19-15(22)13-20-11-7-14(8-12-20)16(23)21-9-5-3-4-6-10-21/h14H,2-13H2,1H3,(H2,18,19,22,24). The lowest BCUT2D eigenvalue weighted by Gasteiger charge is -2.33. The number of imide groups is 1. The minimum absolute atomic E-state index is 0.0887. The van der Waals surface area contributed by atoms with Crippen molar-refractivity contribution in [3.8, 4) is 0 Å². The second-order valence-corrected chi connectivity index (χ2v) is 6.70. The number of amides is 4. The molecule has 0 unspecified atom stereocenters. The van der Waals surface area contributed by atoms with Crippen molar-refractivity contribution >= 4 is 17.8 Å². The number of hydrogen-bond acceptors (Lipinski definition) is 4. The minimum Gasteiger partial charge on any atom is -0.342 e. The molecule has 0 aliphatic carbocycles. The smallest absolute Gasteiger partial charge is 0.321 e. The third-order valence-corrected chi connectivity index (χ3v) is 4.81. The molecule has 136 valence electrons. The zero-order valence-electron chi connectivity index (χ0n) is 14.7. The van der Waals surface area contributed by atoms with Gasteiger partial charge in [0, 0.05) is 25.6 Å². The molecule has 2 heterocycles. The molecule has 4 amide bonds. The molecular formula is C17H30N4O3. The Labute approximate surface area is 144 Å². The third kappa shape index (κ3) is 5.78. The number of hydrogen-bond donors (Lipinski definition) is 2. The lowest BCUT2D eigenvalue weighted by molar-refractivity contribution is -0.137. The zero-order chi connectivity index (χ0) is 17.4. The Kier molecular flexibility index (Phi) is 7.49. The molecule has 2 aliphatic heterocycles. The summed E-state index contributed by atoms with van der Waals surface area (Å²) < 4.78 is 0. The SMILES string of the molecule is CCNC(=O)NC(=O)CN1CCC(C(=O)N2CCCCCC2)CC1. The van der Waals surface area contributed by atoms with Crippen LogP contribution in [-0.4, -0.2) is 66.9 Å². The topological polar surface area (TPSA) is 81.8 Å². The lowest BCUT2D eigenvalue weighted by atomic mass is 9.95. The number of piperidine rings is 1. The molecule has 0 spiro atoms. The summed E-state index contributed by atoms with van der Waals surface area (Å²) in [4.78, 5) is 39.8. The maximum absolute atomic E-state index is 12.6. The van der Waals surface area contributed by atoms with Crippen LogP contribution in [0, 0.1) is 5.92 Å². The van der Waals surface area contributed by atoms with Gasteiger partial charge in [-0.25, -0.2) is 4.79 Å². The maximum atomic E-state index is 12.6. The van der Waals surface area contributed by atoms with E-state index in [-0.39, 0.29) is 18.4 Å². The molecule has 0 saturated carbocycles. The van der Waals surface area contributed by atoms with Gasteiger partial charge in [0.1, 0.15) is 0 Å². The summed E-state index contributed by atoms with van der Waals surface area (Å²) in [7, 11) is 0. The summed E-state index contributed by atoms with van der Waals surface area (Å²) in [5.74, 6) is 0.0902. The van der Waals surface area contributed by atoms with Crippen molar-refractivity contribution in [2.75, 3.05) is 39.3 Å². The Hall–Kier alpha value is -1.63. The van der Waals surface area contributed by atoms with Gasteiger partial charge < -0.3 is 10.2 Å². The monoisotopic (exact) mass is 338 g/mol. The third-order valence-electron chi connectivity index (χ3n) is 4.81. The van der Waals surface area contributed by atoms with Crippen LogP contribution in [0.25, 0.3) is 0 Å². The van der Waals surface area contributed by atoms with Gasteiger partial charge in [0.15, 0.2) is 0 Å². The number of nitrogens with zero attached hydrogens (tertiary/aromatic N) is 2. The van der Waals surface area contributed by atoms with E-state index in [0.717, 1.165) is 51.9 Å². The van der Waals surface area contributed by atoms with E-state index in [4.69, 9.17) is 0 Å². The molecule has 2 aliphatic rings. The Morgan fingerprint density at radius 1 is 0.958 bits per heavy atom. The van der Waals surface area contributed by atoms with Gasteiger partial charge in [0.2, 0.25) is 11.8 Å². The van der Waals surface area contributed by atoms with Crippen molar-refractivity contribution in [1.29, 1.82) is 0 Å². The van der Waals surface area contributed by atoms with E-state index in [1.54, 1.807) is 6.92 Å². The predicted molar refractivity (Wildman–Crippen MR) is 91.4 cm³/mol. The van der Waals surface area contributed by atoms with Crippen LogP contribution in [0.1, 0.15) is 45.4 Å². The zero-order valence-corrected chi connectivity index (χ0v) is 14.7. The summed E-state index contributed by atoms with van der Waals surface area (Å²) in [6.07, 6.45) is 6.27. The quantitative estimate of drug-likeness (QED) is 0.799. The molecule has 24 heavy (non-hydrogen) atoms. The fraction of sp³-hybridized carbons (Fsp3) is 0.824. The molecule has 0 radical (unpaired) electrons. The number of rotatable bonds is 4. The average molecular weight is 338 g/mol. The van der Waals surface area contributed by atoms with Gasteiger partial charge >= 0.3 is 6.03 Å². The van der Waals surface area contributed by atoms with Crippen molar-refractivity contribution in [1.82, 2.24) is 20.4 Å². The van der Waals surface area contributed by atoms with Gasteiger partial charge in [-0.05, 0) is 45.7 Å². The van der Waals surface area contributed by atoms with E-state index < -0.39 is 6.03 Å². The van der Waals surface area contributed by atoms with E-state index in [1.807, 2.05) is 9.80 Å². The highest BCUT2D eigenvalue weighted by Gasteiger charge is 2.29. The fourth-order valence-corrected chi connectivity index (χ4v) is 3.46. The first kappa shape index (κ1) is 18.7. The summed E-state index contributed by atoms with van der Waals surface area (Å²) in [5, 5.41) is 4.85. The summed E-state index contributed by atoms with van der Waals surface area (Å²) in [6.45, 7) is 5.75. The molecule has 2 saturated heterocycles. The molecule has 0 atom stereocenters. The highest BCUT2D eigenvalue weighted by Crippen LogP contribution is 2.21. The van der Waals surface area contributed by atoms with Gasteiger partial charge in [-0.1, -0.05) is 12.8 Å². The second kappa shape index (κ2) is 9.61. The van der Waals surface area contributed by atoms with Gasteiger partial charge in [-0.15, -0.1) is 0 Å².